The van der Waals surface area contributed by atoms with Crippen LogP contribution in [0.1, 0.15) is 13.3 Å². The third-order valence-electron chi connectivity index (χ3n) is 2.95. The first-order valence-corrected chi connectivity index (χ1v) is 6.89. The zero-order valence-electron chi connectivity index (χ0n) is 12.5. The Labute approximate surface area is 132 Å². The first-order valence-electron chi connectivity index (χ1n) is 6.89. The fraction of sp³-hybridized carbons (Fsp3) is 0.357. The minimum absolute atomic E-state index is 0.0463. The van der Waals surface area contributed by atoms with E-state index >= 15 is 0 Å². The van der Waals surface area contributed by atoms with Gasteiger partial charge in [-0.05, 0) is 19.1 Å². The third-order valence-corrected chi connectivity index (χ3v) is 2.95. The van der Waals surface area contributed by atoms with Crippen LogP contribution < -0.4 is 25.8 Å². The summed E-state index contributed by atoms with van der Waals surface area (Å²) in [6.07, 6.45) is -1.06. The van der Waals surface area contributed by atoms with E-state index in [2.05, 4.69) is 10.6 Å². The number of benzene rings is 1. The Morgan fingerprint density at radius 1 is 1.30 bits per heavy atom. The summed E-state index contributed by atoms with van der Waals surface area (Å²) in [5.74, 6) is 0.0292. The minimum atomic E-state index is -0.985. The maximum Gasteiger partial charge on any atom is 0.312 e. The lowest BCUT2D eigenvalue weighted by Crippen LogP contribution is -2.33. The highest BCUT2D eigenvalue weighted by atomic mass is 16.7. The van der Waals surface area contributed by atoms with E-state index in [1.54, 1.807) is 18.2 Å². The molecule has 3 amide bonds. The summed E-state index contributed by atoms with van der Waals surface area (Å²) in [5, 5.41) is 4.86. The maximum absolute atomic E-state index is 12.0. The highest BCUT2D eigenvalue weighted by Gasteiger charge is 2.19. The maximum atomic E-state index is 12.0. The van der Waals surface area contributed by atoms with Crippen molar-refractivity contribution < 1.29 is 28.6 Å². The molecule has 124 valence electrons. The van der Waals surface area contributed by atoms with Crippen molar-refractivity contribution in [2.24, 2.45) is 5.73 Å². The van der Waals surface area contributed by atoms with Crippen molar-refractivity contribution in [2.75, 3.05) is 18.7 Å². The van der Waals surface area contributed by atoms with E-state index in [1.165, 1.54) is 6.92 Å². The standard InChI is InChI=1S/C14H17N3O6/c1-8(23-12(18)4-5-16-14(15)20)13(19)17-9-2-3-10-11(6-9)22-7-21-10/h2-3,6,8H,4-5,7H2,1H3,(H,17,19)(H3,15,16,20)/t8-/m1/s1. The molecule has 9 nitrogen and oxygen atoms in total. The highest BCUT2D eigenvalue weighted by molar-refractivity contribution is 5.95. The van der Waals surface area contributed by atoms with Crippen LogP contribution in [0.2, 0.25) is 0 Å². The van der Waals surface area contributed by atoms with Crippen molar-refractivity contribution >= 4 is 23.6 Å². The quantitative estimate of drug-likeness (QED) is 0.648. The lowest BCUT2D eigenvalue weighted by Gasteiger charge is -2.13. The Balaban J connectivity index is 1.80. The number of anilines is 1. The van der Waals surface area contributed by atoms with E-state index in [9.17, 15) is 14.4 Å². The molecule has 0 bridgehead atoms. The predicted molar refractivity (Wildman–Crippen MR) is 79.0 cm³/mol. The van der Waals surface area contributed by atoms with E-state index in [1.807, 2.05) is 0 Å². The van der Waals surface area contributed by atoms with Crippen LogP contribution in [0.15, 0.2) is 18.2 Å². The molecule has 1 atom stereocenters. The molecule has 0 radical (unpaired) electrons. The van der Waals surface area contributed by atoms with Crippen molar-refractivity contribution in [3.8, 4) is 11.5 Å². The number of ether oxygens (including phenoxy) is 3. The van der Waals surface area contributed by atoms with Crippen LogP contribution in [-0.4, -0.2) is 37.3 Å². The molecule has 1 aromatic carbocycles. The van der Waals surface area contributed by atoms with Crippen molar-refractivity contribution in [3.05, 3.63) is 18.2 Å². The molecular formula is C14H17N3O6. The van der Waals surface area contributed by atoms with Gasteiger partial charge in [0.2, 0.25) is 6.79 Å². The average molecular weight is 323 g/mol. The summed E-state index contributed by atoms with van der Waals surface area (Å²) >= 11 is 0. The molecule has 2 rings (SSSR count). The molecule has 0 saturated heterocycles. The monoisotopic (exact) mass is 323 g/mol. The van der Waals surface area contributed by atoms with Gasteiger partial charge >= 0.3 is 12.0 Å². The number of nitrogens with two attached hydrogens (primary N) is 1. The van der Waals surface area contributed by atoms with Crippen LogP contribution in [0, 0.1) is 0 Å². The van der Waals surface area contributed by atoms with Gasteiger partial charge in [-0.2, -0.15) is 0 Å². The number of esters is 1. The molecule has 0 fully saturated rings. The number of hydrogen-bond donors (Lipinski definition) is 3. The topological polar surface area (TPSA) is 129 Å². The van der Waals surface area contributed by atoms with E-state index in [-0.39, 0.29) is 19.8 Å². The Morgan fingerprint density at radius 2 is 2.04 bits per heavy atom. The summed E-state index contributed by atoms with van der Waals surface area (Å²) in [6, 6.07) is 4.21. The molecule has 0 aliphatic carbocycles. The molecule has 4 N–H and O–H groups in total. The number of rotatable bonds is 6. The van der Waals surface area contributed by atoms with Gasteiger partial charge in [0.15, 0.2) is 17.6 Å². The van der Waals surface area contributed by atoms with Crippen LogP contribution in [0.4, 0.5) is 10.5 Å². The zero-order valence-corrected chi connectivity index (χ0v) is 12.5. The molecule has 0 saturated carbocycles. The molecule has 1 aliphatic heterocycles. The number of carbonyl (C=O) groups is 3. The van der Waals surface area contributed by atoms with E-state index in [0.29, 0.717) is 17.2 Å². The molecule has 1 aliphatic rings. The average Bonchev–Trinajstić information content (AvgIpc) is 2.94. The number of fused-ring (bicyclic) bond motifs is 1. The summed E-state index contributed by atoms with van der Waals surface area (Å²) in [6.45, 7) is 1.63. The van der Waals surface area contributed by atoms with Gasteiger partial charge in [-0.15, -0.1) is 0 Å². The van der Waals surface area contributed by atoms with Gasteiger partial charge in [0.05, 0.1) is 6.42 Å². The second-order valence-corrected chi connectivity index (χ2v) is 4.73. The summed E-state index contributed by atoms with van der Waals surface area (Å²) < 4.78 is 15.3. The fourth-order valence-electron chi connectivity index (χ4n) is 1.82. The van der Waals surface area contributed by atoms with Gasteiger partial charge in [-0.3, -0.25) is 9.59 Å². The molecule has 1 aromatic rings. The van der Waals surface area contributed by atoms with Crippen LogP contribution in [0.5, 0.6) is 11.5 Å². The van der Waals surface area contributed by atoms with Crippen LogP contribution in [0.3, 0.4) is 0 Å². The van der Waals surface area contributed by atoms with Crippen molar-refractivity contribution in [1.29, 1.82) is 0 Å². The third kappa shape index (κ3) is 4.77. The lowest BCUT2D eigenvalue weighted by atomic mass is 10.2. The Bertz CT molecular complexity index is 619. The molecule has 1 heterocycles. The molecular weight excluding hydrogens is 306 g/mol. The van der Waals surface area contributed by atoms with Crippen molar-refractivity contribution in [1.82, 2.24) is 5.32 Å². The molecule has 23 heavy (non-hydrogen) atoms. The Hall–Kier alpha value is -2.97. The number of carbonyl (C=O) groups excluding carboxylic acids is 3. The van der Waals surface area contributed by atoms with Crippen molar-refractivity contribution in [2.45, 2.75) is 19.4 Å². The van der Waals surface area contributed by atoms with Crippen LogP contribution in [0.25, 0.3) is 0 Å². The predicted octanol–water partition coefficient (Wildman–Crippen LogP) is 0.344. The number of nitrogens with one attached hydrogen (secondary N) is 2. The minimum Gasteiger partial charge on any atom is -0.454 e. The normalized spacial score (nSPS) is 13.1. The van der Waals surface area contributed by atoms with E-state index in [0.717, 1.165) is 0 Å². The van der Waals surface area contributed by atoms with Gasteiger partial charge < -0.3 is 30.6 Å². The summed E-state index contributed by atoms with van der Waals surface area (Å²) in [7, 11) is 0. The Kier molecular flexibility index (Phi) is 5.23. The fourth-order valence-corrected chi connectivity index (χ4v) is 1.82. The van der Waals surface area contributed by atoms with Gasteiger partial charge in [0.1, 0.15) is 0 Å². The van der Waals surface area contributed by atoms with Crippen LogP contribution in [-0.2, 0) is 14.3 Å². The number of amides is 3. The van der Waals surface area contributed by atoms with Crippen molar-refractivity contribution in [3.63, 3.8) is 0 Å². The second kappa shape index (κ2) is 7.34. The van der Waals surface area contributed by atoms with Gasteiger partial charge in [0, 0.05) is 18.3 Å². The van der Waals surface area contributed by atoms with E-state index < -0.39 is 24.0 Å². The van der Waals surface area contributed by atoms with Gasteiger partial charge in [-0.25, -0.2) is 4.79 Å². The zero-order chi connectivity index (χ0) is 16.8. The van der Waals surface area contributed by atoms with Gasteiger partial charge in [-0.1, -0.05) is 0 Å². The smallest absolute Gasteiger partial charge is 0.312 e. The van der Waals surface area contributed by atoms with Crippen LogP contribution >= 0.6 is 0 Å². The molecule has 9 heteroatoms. The molecule has 0 aromatic heterocycles. The molecule has 0 spiro atoms. The van der Waals surface area contributed by atoms with E-state index in [4.69, 9.17) is 19.9 Å². The lowest BCUT2D eigenvalue weighted by molar-refractivity contribution is -0.153. The summed E-state index contributed by atoms with van der Waals surface area (Å²) in [4.78, 5) is 34.0. The number of primary amides is 1. The van der Waals surface area contributed by atoms with Gasteiger partial charge in [0.25, 0.3) is 5.91 Å². The highest BCUT2D eigenvalue weighted by Crippen LogP contribution is 2.34. The first-order chi connectivity index (χ1) is 11.0. The molecule has 0 unspecified atom stereocenters. The summed E-state index contributed by atoms with van der Waals surface area (Å²) in [5.41, 5.74) is 5.37. The Morgan fingerprint density at radius 3 is 2.78 bits per heavy atom. The number of hydrogen-bond acceptors (Lipinski definition) is 6. The largest absolute Gasteiger partial charge is 0.454 e. The first kappa shape index (κ1) is 16.4. The SMILES string of the molecule is C[C@@H](OC(=O)CCNC(N)=O)C(=O)Nc1ccc2c(c1)OCO2. The number of urea groups is 1. The second-order valence-electron chi connectivity index (χ2n) is 4.73.